The lowest BCUT2D eigenvalue weighted by Gasteiger charge is -2.13. The maximum atomic E-state index is 12.4. The molecule has 150 valence electrons. The number of imidazole rings is 1. The van der Waals surface area contributed by atoms with Crippen LogP contribution in [-0.2, 0) is 16.6 Å². The first-order chi connectivity index (χ1) is 13.4. The fourth-order valence-corrected chi connectivity index (χ4v) is 4.46. The normalized spacial score (nSPS) is 13.0. The molecule has 0 aliphatic rings. The summed E-state index contributed by atoms with van der Waals surface area (Å²) in [5, 5.41) is 3.24. The van der Waals surface area contributed by atoms with Crippen LogP contribution < -0.4 is 10.0 Å². The van der Waals surface area contributed by atoms with Gasteiger partial charge in [-0.15, -0.1) is 0 Å². The van der Waals surface area contributed by atoms with Gasteiger partial charge in [0.05, 0.1) is 11.0 Å². The highest BCUT2D eigenvalue weighted by molar-refractivity contribution is 7.89. The van der Waals surface area contributed by atoms with Crippen LogP contribution in [0, 0.1) is 6.92 Å². The molecular weight excluding hydrogens is 374 g/mol. The van der Waals surface area contributed by atoms with Gasteiger partial charge in [-0.3, -0.25) is 0 Å². The predicted octanol–water partition coefficient (Wildman–Crippen LogP) is 3.32. The summed E-state index contributed by atoms with van der Waals surface area (Å²) in [4.78, 5) is 8.98. The van der Waals surface area contributed by atoms with Gasteiger partial charge in [0, 0.05) is 25.3 Å². The molecule has 0 bridgehead atoms. The molecule has 3 aromatic rings. The Bertz CT molecular complexity index is 1030. The number of hydrogen-bond acceptors (Lipinski definition) is 5. The number of pyridine rings is 1. The highest BCUT2D eigenvalue weighted by Gasteiger charge is 2.17. The third kappa shape index (κ3) is 4.69. The molecule has 2 heterocycles. The van der Waals surface area contributed by atoms with Crippen LogP contribution in [-0.4, -0.2) is 35.5 Å². The molecule has 0 aliphatic heterocycles. The zero-order valence-electron chi connectivity index (χ0n) is 16.5. The number of anilines is 1. The lowest BCUT2D eigenvalue weighted by atomic mass is 10.2. The SMILES string of the molecule is CCCC(C)NS(=O)(=O)c1ccc(NCCn2c(C)nc3ccccc32)nc1. The summed E-state index contributed by atoms with van der Waals surface area (Å²) < 4.78 is 29.6. The van der Waals surface area contributed by atoms with E-state index in [1.54, 1.807) is 12.1 Å². The highest BCUT2D eigenvalue weighted by atomic mass is 32.2. The van der Waals surface area contributed by atoms with Crippen molar-refractivity contribution in [3.8, 4) is 0 Å². The molecule has 0 saturated carbocycles. The zero-order valence-corrected chi connectivity index (χ0v) is 17.3. The monoisotopic (exact) mass is 401 g/mol. The summed E-state index contributed by atoms with van der Waals surface area (Å²) in [6, 6.07) is 11.2. The third-order valence-electron chi connectivity index (χ3n) is 4.61. The molecule has 8 heteroatoms. The maximum Gasteiger partial charge on any atom is 0.242 e. The summed E-state index contributed by atoms with van der Waals surface area (Å²) in [7, 11) is -3.54. The number of para-hydroxylation sites is 2. The van der Waals surface area contributed by atoms with Crippen LogP contribution in [0.4, 0.5) is 5.82 Å². The number of aromatic nitrogens is 3. The van der Waals surface area contributed by atoms with Crippen molar-refractivity contribution in [3.63, 3.8) is 0 Å². The number of aryl methyl sites for hydroxylation is 1. The number of fused-ring (bicyclic) bond motifs is 1. The minimum Gasteiger partial charge on any atom is -0.368 e. The number of nitrogens with one attached hydrogen (secondary N) is 2. The predicted molar refractivity (Wildman–Crippen MR) is 112 cm³/mol. The summed E-state index contributed by atoms with van der Waals surface area (Å²) in [5.41, 5.74) is 2.08. The minimum absolute atomic E-state index is 0.0963. The van der Waals surface area contributed by atoms with E-state index in [-0.39, 0.29) is 10.9 Å². The molecule has 0 spiro atoms. The molecule has 7 nitrogen and oxygen atoms in total. The quantitative estimate of drug-likeness (QED) is 0.574. The average molecular weight is 402 g/mol. The standard InChI is InChI=1S/C20H27N5O2S/c1-4-7-15(2)24-28(26,27)17-10-11-20(22-14-17)21-12-13-25-16(3)23-18-8-5-6-9-19(18)25/h5-6,8-11,14-15,24H,4,7,12-13H2,1-3H3,(H,21,22). The van der Waals surface area contributed by atoms with E-state index in [4.69, 9.17) is 0 Å². The Labute approximate surface area is 166 Å². The Morgan fingerprint density at radius 1 is 1.18 bits per heavy atom. The van der Waals surface area contributed by atoms with Crippen molar-refractivity contribution in [1.82, 2.24) is 19.3 Å². The minimum atomic E-state index is -3.54. The molecule has 1 atom stereocenters. The number of rotatable bonds is 9. The lowest BCUT2D eigenvalue weighted by Crippen LogP contribution is -2.32. The van der Waals surface area contributed by atoms with Crippen molar-refractivity contribution in [2.75, 3.05) is 11.9 Å². The van der Waals surface area contributed by atoms with E-state index in [1.165, 1.54) is 6.20 Å². The van der Waals surface area contributed by atoms with Gasteiger partial charge in [0.2, 0.25) is 10.0 Å². The summed E-state index contributed by atoms with van der Waals surface area (Å²) in [6.07, 6.45) is 3.12. The molecule has 1 unspecified atom stereocenters. The highest BCUT2D eigenvalue weighted by Crippen LogP contribution is 2.16. The van der Waals surface area contributed by atoms with Crippen LogP contribution in [0.3, 0.4) is 0 Å². The molecule has 2 N–H and O–H groups in total. The second kappa shape index (κ2) is 8.70. The van der Waals surface area contributed by atoms with E-state index in [9.17, 15) is 8.42 Å². The number of nitrogens with zero attached hydrogens (tertiary/aromatic N) is 3. The molecule has 28 heavy (non-hydrogen) atoms. The van der Waals surface area contributed by atoms with Crippen molar-refractivity contribution >= 4 is 26.9 Å². The van der Waals surface area contributed by atoms with Gasteiger partial charge in [-0.05, 0) is 44.5 Å². The van der Waals surface area contributed by atoms with E-state index in [2.05, 4.69) is 30.6 Å². The lowest BCUT2D eigenvalue weighted by molar-refractivity contribution is 0.543. The number of sulfonamides is 1. The fourth-order valence-electron chi connectivity index (χ4n) is 3.24. The molecule has 0 saturated heterocycles. The smallest absolute Gasteiger partial charge is 0.242 e. The third-order valence-corrected chi connectivity index (χ3v) is 6.19. The van der Waals surface area contributed by atoms with Crippen molar-refractivity contribution < 1.29 is 8.42 Å². The summed E-state index contributed by atoms with van der Waals surface area (Å²) in [5.74, 6) is 1.60. The van der Waals surface area contributed by atoms with Crippen LogP contribution in [0.2, 0.25) is 0 Å². The van der Waals surface area contributed by atoms with Gasteiger partial charge in [-0.25, -0.2) is 23.1 Å². The fraction of sp³-hybridized carbons (Fsp3) is 0.400. The molecule has 0 fully saturated rings. The Hall–Kier alpha value is -2.45. The molecule has 1 aromatic carbocycles. The summed E-state index contributed by atoms with van der Waals surface area (Å²) in [6.45, 7) is 7.29. The Kier molecular flexibility index (Phi) is 6.31. The van der Waals surface area contributed by atoms with Gasteiger partial charge >= 0.3 is 0 Å². The van der Waals surface area contributed by atoms with E-state index in [1.807, 2.05) is 39.0 Å². The van der Waals surface area contributed by atoms with Gasteiger partial charge in [0.1, 0.15) is 16.5 Å². The first-order valence-electron chi connectivity index (χ1n) is 9.55. The molecule has 0 amide bonds. The largest absolute Gasteiger partial charge is 0.368 e. The van der Waals surface area contributed by atoms with Gasteiger partial charge < -0.3 is 9.88 Å². The second-order valence-corrected chi connectivity index (χ2v) is 8.63. The van der Waals surface area contributed by atoms with Crippen molar-refractivity contribution in [2.45, 2.75) is 51.1 Å². The van der Waals surface area contributed by atoms with Crippen LogP contribution in [0.1, 0.15) is 32.5 Å². The maximum absolute atomic E-state index is 12.4. The van der Waals surface area contributed by atoms with Crippen LogP contribution >= 0.6 is 0 Å². The van der Waals surface area contributed by atoms with Gasteiger partial charge in [-0.2, -0.15) is 0 Å². The molecule has 0 aliphatic carbocycles. The van der Waals surface area contributed by atoms with Crippen LogP contribution in [0.15, 0.2) is 47.5 Å². The number of hydrogen-bond donors (Lipinski definition) is 2. The van der Waals surface area contributed by atoms with Gasteiger partial charge in [-0.1, -0.05) is 25.5 Å². The van der Waals surface area contributed by atoms with Gasteiger partial charge in [0.25, 0.3) is 0 Å². The van der Waals surface area contributed by atoms with Crippen molar-refractivity contribution in [2.24, 2.45) is 0 Å². The molecule has 3 rings (SSSR count). The topological polar surface area (TPSA) is 88.9 Å². The van der Waals surface area contributed by atoms with E-state index in [0.717, 1.165) is 36.2 Å². The summed E-state index contributed by atoms with van der Waals surface area (Å²) >= 11 is 0. The van der Waals surface area contributed by atoms with E-state index < -0.39 is 10.0 Å². The van der Waals surface area contributed by atoms with Crippen molar-refractivity contribution in [3.05, 3.63) is 48.4 Å². The number of benzene rings is 1. The Balaban J connectivity index is 1.61. The second-order valence-electron chi connectivity index (χ2n) is 6.92. The van der Waals surface area contributed by atoms with Gasteiger partial charge in [0.15, 0.2) is 0 Å². The van der Waals surface area contributed by atoms with Crippen LogP contribution in [0.5, 0.6) is 0 Å². The van der Waals surface area contributed by atoms with E-state index in [0.29, 0.717) is 12.4 Å². The first kappa shape index (κ1) is 20.3. The average Bonchev–Trinajstić information content (AvgIpc) is 2.97. The Morgan fingerprint density at radius 2 is 1.96 bits per heavy atom. The molecule has 2 aromatic heterocycles. The Morgan fingerprint density at radius 3 is 2.68 bits per heavy atom. The van der Waals surface area contributed by atoms with Crippen molar-refractivity contribution in [1.29, 1.82) is 0 Å². The van der Waals surface area contributed by atoms with Crippen LogP contribution in [0.25, 0.3) is 11.0 Å². The van der Waals surface area contributed by atoms with E-state index >= 15 is 0 Å². The molecule has 0 radical (unpaired) electrons. The zero-order chi connectivity index (χ0) is 20.1. The first-order valence-corrected chi connectivity index (χ1v) is 11.0. The molecular formula is C20H27N5O2S.